The predicted octanol–water partition coefficient (Wildman–Crippen LogP) is 2.74. The fourth-order valence-electron chi connectivity index (χ4n) is 1.89. The number of benzene rings is 1. The molecule has 92 valence electrons. The maximum absolute atomic E-state index is 10.9. The Balaban J connectivity index is 2.11. The highest BCUT2D eigenvalue weighted by Crippen LogP contribution is 2.22. The number of aromatic carboxylic acids is 1. The number of rotatable bonds is 3. The molecule has 1 atom stereocenters. The van der Waals surface area contributed by atoms with Gasteiger partial charge in [0.05, 0.1) is 12.2 Å². The highest BCUT2D eigenvalue weighted by Gasteiger charge is 2.14. The highest BCUT2D eigenvalue weighted by atomic mass is 79.9. The summed E-state index contributed by atoms with van der Waals surface area (Å²) in [6.45, 7) is 1.49. The van der Waals surface area contributed by atoms with Crippen molar-refractivity contribution in [2.75, 3.05) is 18.5 Å². The van der Waals surface area contributed by atoms with Gasteiger partial charge >= 0.3 is 5.97 Å². The van der Waals surface area contributed by atoms with Crippen LogP contribution in [0.3, 0.4) is 0 Å². The Labute approximate surface area is 108 Å². The SMILES string of the molecule is O=C(O)c1cc(Br)cc(NC2CCCOC2)c1. The second-order valence-electron chi connectivity index (χ2n) is 4.09. The van der Waals surface area contributed by atoms with Crippen molar-refractivity contribution in [1.29, 1.82) is 0 Å². The number of carbonyl (C=O) groups is 1. The summed E-state index contributed by atoms with van der Waals surface area (Å²) < 4.78 is 6.13. The molecule has 1 fully saturated rings. The summed E-state index contributed by atoms with van der Waals surface area (Å²) in [5, 5.41) is 12.3. The van der Waals surface area contributed by atoms with Crippen LogP contribution in [0.15, 0.2) is 22.7 Å². The first-order valence-electron chi connectivity index (χ1n) is 5.53. The van der Waals surface area contributed by atoms with E-state index in [1.807, 2.05) is 6.07 Å². The number of hydrogen-bond acceptors (Lipinski definition) is 3. The molecule has 0 bridgehead atoms. The molecule has 1 aromatic carbocycles. The van der Waals surface area contributed by atoms with Crippen LogP contribution in [0.4, 0.5) is 5.69 Å². The average molecular weight is 300 g/mol. The van der Waals surface area contributed by atoms with E-state index in [9.17, 15) is 4.79 Å². The molecule has 0 aromatic heterocycles. The summed E-state index contributed by atoms with van der Waals surface area (Å²) in [5.74, 6) is -0.922. The minimum atomic E-state index is -0.922. The van der Waals surface area contributed by atoms with Gasteiger partial charge in [0.25, 0.3) is 0 Å². The molecule has 1 aliphatic rings. The van der Waals surface area contributed by atoms with Crippen molar-refractivity contribution in [3.05, 3.63) is 28.2 Å². The summed E-state index contributed by atoms with van der Waals surface area (Å²) in [6, 6.07) is 5.37. The standard InChI is InChI=1S/C12H14BrNO3/c13-9-4-8(12(15)16)5-11(6-9)14-10-2-1-3-17-7-10/h4-6,10,14H,1-3,7H2,(H,15,16). The average Bonchev–Trinajstić information content (AvgIpc) is 2.29. The molecule has 2 rings (SSSR count). The van der Waals surface area contributed by atoms with E-state index in [1.165, 1.54) is 0 Å². The Bertz CT molecular complexity index is 416. The molecule has 0 saturated carbocycles. The molecule has 1 heterocycles. The van der Waals surface area contributed by atoms with Crippen molar-refractivity contribution in [2.45, 2.75) is 18.9 Å². The zero-order valence-electron chi connectivity index (χ0n) is 9.28. The minimum absolute atomic E-state index is 0.264. The van der Waals surface area contributed by atoms with E-state index in [4.69, 9.17) is 9.84 Å². The molecule has 17 heavy (non-hydrogen) atoms. The Morgan fingerprint density at radius 1 is 1.47 bits per heavy atom. The van der Waals surface area contributed by atoms with Gasteiger partial charge in [0.1, 0.15) is 0 Å². The van der Waals surface area contributed by atoms with Crippen LogP contribution < -0.4 is 5.32 Å². The van der Waals surface area contributed by atoms with E-state index in [1.54, 1.807) is 12.1 Å². The summed E-state index contributed by atoms with van der Waals surface area (Å²) >= 11 is 3.31. The van der Waals surface area contributed by atoms with Gasteiger partial charge in [-0.25, -0.2) is 4.79 Å². The molecule has 1 unspecified atom stereocenters. The number of ether oxygens (including phenoxy) is 1. The number of halogens is 1. The third-order valence-electron chi connectivity index (χ3n) is 2.68. The van der Waals surface area contributed by atoms with Crippen LogP contribution in [0.5, 0.6) is 0 Å². The van der Waals surface area contributed by atoms with Gasteiger partial charge in [0.2, 0.25) is 0 Å². The third kappa shape index (κ3) is 3.44. The smallest absolute Gasteiger partial charge is 0.335 e. The van der Waals surface area contributed by atoms with Gasteiger partial charge in [-0.1, -0.05) is 15.9 Å². The number of anilines is 1. The van der Waals surface area contributed by atoms with E-state index in [-0.39, 0.29) is 11.6 Å². The van der Waals surface area contributed by atoms with Crippen LogP contribution in [-0.2, 0) is 4.74 Å². The van der Waals surface area contributed by atoms with Gasteiger partial charge in [0.15, 0.2) is 0 Å². The van der Waals surface area contributed by atoms with E-state index >= 15 is 0 Å². The Morgan fingerprint density at radius 2 is 2.29 bits per heavy atom. The molecule has 5 heteroatoms. The maximum atomic E-state index is 10.9. The quantitative estimate of drug-likeness (QED) is 0.901. The monoisotopic (exact) mass is 299 g/mol. The fraction of sp³-hybridized carbons (Fsp3) is 0.417. The second kappa shape index (κ2) is 5.51. The van der Waals surface area contributed by atoms with Gasteiger partial charge in [-0.15, -0.1) is 0 Å². The topological polar surface area (TPSA) is 58.6 Å². The number of nitrogens with one attached hydrogen (secondary N) is 1. The first-order chi connectivity index (χ1) is 8.15. The van der Waals surface area contributed by atoms with Crippen molar-refractivity contribution in [3.63, 3.8) is 0 Å². The van der Waals surface area contributed by atoms with Gasteiger partial charge in [-0.05, 0) is 31.0 Å². The Kier molecular flexibility index (Phi) is 4.02. The highest BCUT2D eigenvalue weighted by molar-refractivity contribution is 9.10. The molecule has 4 nitrogen and oxygen atoms in total. The van der Waals surface area contributed by atoms with Crippen LogP contribution in [0.1, 0.15) is 23.2 Å². The molecular formula is C12H14BrNO3. The lowest BCUT2D eigenvalue weighted by molar-refractivity contribution is 0.0697. The van der Waals surface area contributed by atoms with E-state index in [0.29, 0.717) is 6.61 Å². The molecule has 1 aliphatic heterocycles. The van der Waals surface area contributed by atoms with E-state index in [0.717, 1.165) is 29.6 Å². The molecule has 2 N–H and O–H groups in total. The number of carboxylic acids is 1. The molecule has 1 aromatic rings. The van der Waals surface area contributed by atoms with Crippen LogP contribution in [0.25, 0.3) is 0 Å². The summed E-state index contributed by atoms with van der Waals surface area (Å²) in [4.78, 5) is 10.9. The van der Waals surface area contributed by atoms with Crippen molar-refractivity contribution < 1.29 is 14.6 Å². The minimum Gasteiger partial charge on any atom is -0.478 e. The third-order valence-corrected chi connectivity index (χ3v) is 3.13. The lowest BCUT2D eigenvalue weighted by Crippen LogP contribution is -2.30. The molecule has 0 radical (unpaired) electrons. The van der Waals surface area contributed by atoms with Gasteiger partial charge in [0, 0.05) is 22.8 Å². The van der Waals surface area contributed by atoms with Gasteiger partial charge in [-0.2, -0.15) is 0 Å². The summed E-state index contributed by atoms with van der Waals surface area (Å²) in [6.07, 6.45) is 2.09. The molecule has 1 saturated heterocycles. The van der Waals surface area contributed by atoms with Crippen molar-refractivity contribution in [2.24, 2.45) is 0 Å². The van der Waals surface area contributed by atoms with Crippen LogP contribution in [0.2, 0.25) is 0 Å². The predicted molar refractivity (Wildman–Crippen MR) is 68.6 cm³/mol. The lowest BCUT2D eigenvalue weighted by Gasteiger charge is -2.24. The van der Waals surface area contributed by atoms with Crippen molar-refractivity contribution >= 4 is 27.6 Å². The molecule has 0 aliphatic carbocycles. The Morgan fingerprint density at radius 3 is 2.94 bits per heavy atom. The van der Waals surface area contributed by atoms with E-state index in [2.05, 4.69) is 21.2 Å². The van der Waals surface area contributed by atoms with E-state index < -0.39 is 5.97 Å². The molecule has 0 amide bonds. The molecular weight excluding hydrogens is 286 g/mol. The van der Waals surface area contributed by atoms with Crippen LogP contribution in [0, 0.1) is 0 Å². The Hall–Kier alpha value is -1.07. The fourth-order valence-corrected chi connectivity index (χ4v) is 2.38. The van der Waals surface area contributed by atoms with Crippen molar-refractivity contribution in [1.82, 2.24) is 0 Å². The largest absolute Gasteiger partial charge is 0.478 e. The zero-order chi connectivity index (χ0) is 12.3. The lowest BCUT2D eigenvalue weighted by atomic mass is 10.1. The first kappa shape index (κ1) is 12.4. The maximum Gasteiger partial charge on any atom is 0.335 e. The summed E-state index contributed by atoms with van der Waals surface area (Å²) in [5.41, 5.74) is 1.09. The number of carboxylic acid groups (broad SMARTS) is 1. The van der Waals surface area contributed by atoms with Gasteiger partial charge < -0.3 is 15.2 Å². The normalized spacial score (nSPS) is 19.9. The van der Waals surface area contributed by atoms with Crippen LogP contribution in [-0.4, -0.2) is 30.3 Å². The van der Waals surface area contributed by atoms with Crippen LogP contribution >= 0.6 is 15.9 Å². The van der Waals surface area contributed by atoms with Gasteiger partial charge in [-0.3, -0.25) is 0 Å². The van der Waals surface area contributed by atoms with Crippen molar-refractivity contribution in [3.8, 4) is 0 Å². The molecule has 0 spiro atoms. The number of hydrogen-bond donors (Lipinski definition) is 2. The first-order valence-corrected chi connectivity index (χ1v) is 6.32. The zero-order valence-corrected chi connectivity index (χ0v) is 10.9. The second-order valence-corrected chi connectivity index (χ2v) is 5.01. The summed E-state index contributed by atoms with van der Waals surface area (Å²) in [7, 11) is 0.